The molecule has 0 atom stereocenters. The Morgan fingerprint density at radius 2 is 2.05 bits per heavy atom. The summed E-state index contributed by atoms with van der Waals surface area (Å²) in [7, 11) is 1.31. The van der Waals surface area contributed by atoms with Gasteiger partial charge in [0.05, 0.1) is 19.0 Å². The van der Waals surface area contributed by atoms with Crippen LogP contribution in [-0.4, -0.2) is 29.3 Å². The summed E-state index contributed by atoms with van der Waals surface area (Å²) >= 11 is 1.31. The molecule has 8 heteroatoms. The van der Waals surface area contributed by atoms with Crippen molar-refractivity contribution in [1.82, 2.24) is 10.2 Å². The number of rotatable bonds is 3. The van der Waals surface area contributed by atoms with E-state index in [9.17, 15) is 9.59 Å². The number of amides is 2. The van der Waals surface area contributed by atoms with E-state index in [0.717, 1.165) is 4.88 Å². The van der Waals surface area contributed by atoms with Gasteiger partial charge in [0.2, 0.25) is 0 Å². The number of aromatic amines is 1. The van der Waals surface area contributed by atoms with Gasteiger partial charge in [0, 0.05) is 10.9 Å². The van der Waals surface area contributed by atoms with E-state index < -0.39 is 12.0 Å². The Labute approximate surface area is 132 Å². The van der Waals surface area contributed by atoms with E-state index in [1.165, 1.54) is 24.6 Å². The van der Waals surface area contributed by atoms with E-state index in [1.54, 1.807) is 12.1 Å². The molecule has 0 aliphatic rings. The molecule has 2 rings (SSSR count). The predicted octanol–water partition coefficient (Wildman–Crippen LogP) is 3.20. The SMILES string of the molecule is COC(=O)c1sc(C(C)(C)C)cc1NC(=O)Nc1ccn[nH]1. The van der Waals surface area contributed by atoms with Crippen LogP contribution in [0.2, 0.25) is 0 Å². The second-order valence-electron chi connectivity index (χ2n) is 5.64. The van der Waals surface area contributed by atoms with Gasteiger partial charge in [0.15, 0.2) is 0 Å². The number of carbonyl (C=O) groups is 2. The van der Waals surface area contributed by atoms with E-state index in [0.29, 0.717) is 16.4 Å². The zero-order chi connectivity index (χ0) is 16.3. The first-order valence-corrected chi connectivity index (χ1v) is 7.43. The Morgan fingerprint density at radius 3 is 2.59 bits per heavy atom. The molecule has 0 aromatic carbocycles. The molecule has 2 heterocycles. The summed E-state index contributed by atoms with van der Waals surface area (Å²) in [5, 5.41) is 11.6. The molecule has 0 fully saturated rings. The number of aromatic nitrogens is 2. The fraction of sp³-hybridized carbons (Fsp3) is 0.357. The second-order valence-corrected chi connectivity index (χ2v) is 6.70. The van der Waals surface area contributed by atoms with E-state index in [2.05, 4.69) is 20.8 Å². The zero-order valence-corrected chi connectivity index (χ0v) is 13.6. The van der Waals surface area contributed by atoms with Crippen molar-refractivity contribution in [3.63, 3.8) is 0 Å². The average Bonchev–Trinajstić information content (AvgIpc) is 3.06. The van der Waals surface area contributed by atoms with Crippen molar-refractivity contribution in [3.8, 4) is 0 Å². The van der Waals surface area contributed by atoms with Crippen LogP contribution in [0.5, 0.6) is 0 Å². The summed E-state index contributed by atoms with van der Waals surface area (Å²) in [6.45, 7) is 6.11. The van der Waals surface area contributed by atoms with Gasteiger partial charge in [-0.2, -0.15) is 5.10 Å². The first-order chi connectivity index (χ1) is 10.3. The predicted molar refractivity (Wildman–Crippen MR) is 85.6 cm³/mol. The molecule has 0 aliphatic carbocycles. The van der Waals surface area contributed by atoms with Crippen LogP contribution < -0.4 is 10.6 Å². The molecular weight excluding hydrogens is 304 g/mol. The molecule has 2 aromatic rings. The molecule has 0 bridgehead atoms. The van der Waals surface area contributed by atoms with E-state index in [4.69, 9.17) is 4.74 Å². The van der Waals surface area contributed by atoms with Crippen LogP contribution in [0.4, 0.5) is 16.3 Å². The number of carbonyl (C=O) groups excluding carboxylic acids is 2. The van der Waals surface area contributed by atoms with Gasteiger partial charge in [0.1, 0.15) is 10.7 Å². The normalized spacial score (nSPS) is 11.1. The highest BCUT2D eigenvalue weighted by Gasteiger charge is 2.24. The number of methoxy groups -OCH3 is 1. The highest BCUT2D eigenvalue weighted by atomic mass is 32.1. The van der Waals surface area contributed by atoms with Gasteiger partial charge in [-0.05, 0) is 11.5 Å². The molecule has 3 N–H and O–H groups in total. The van der Waals surface area contributed by atoms with E-state index >= 15 is 0 Å². The third-order valence-electron chi connectivity index (χ3n) is 2.84. The molecule has 22 heavy (non-hydrogen) atoms. The van der Waals surface area contributed by atoms with Crippen LogP contribution >= 0.6 is 11.3 Å². The number of thiophene rings is 1. The number of hydrogen-bond acceptors (Lipinski definition) is 5. The summed E-state index contributed by atoms with van der Waals surface area (Å²) in [6.07, 6.45) is 1.53. The molecule has 0 saturated carbocycles. The van der Waals surface area contributed by atoms with Crippen LogP contribution in [-0.2, 0) is 10.2 Å². The highest BCUT2D eigenvalue weighted by molar-refractivity contribution is 7.14. The number of esters is 1. The smallest absolute Gasteiger partial charge is 0.350 e. The average molecular weight is 322 g/mol. The third-order valence-corrected chi connectivity index (χ3v) is 4.38. The number of H-pyrrole nitrogens is 1. The minimum Gasteiger partial charge on any atom is -0.465 e. The lowest BCUT2D eigenvalue weighted by Crippen LogP contribution is -2.20. The van der Waals surface area contributed by atoms with Crippen molar-refractivity contribution < 1.29 is 14.3 Å². The number of hydrogen-bond donors (Lipinski definition) is 3. The molecule has 0 saturated heterocycles. The standard InChI is InChI=1S/C14H18N4O3S/c1-14(2,3)9-7-8(11(22-9)12(19)21-4)16-13(20)17-10-5-6-15-18-10/h5-7H,1-4H3,(H3,15,16,17,18,20). The zero-order valence-electron chi connectivity index (χ0n) is 12.8. The van der Waals surface area contributed by atoms with Gasteiger partial charge in [-0.15, -0.1) is 11.3 Å². The van der Waals surface area contributed by atoms with Crippen molar-refractivity contribution in [3.05, 3.63) is 28.1 Å². The van der Waals surface area contributed by atoms with Crippen LogP contribution in [0, 0.1) is 0 Å². The summed E-state index contributed by atoms with van der Waals surface area (Å²) in [6, 6.07) is 2.95. The summed E-state index contributed by atoms with van der Waals surface area (Å²) in [5.74, 6) is -0.0132. The number of nitrogens with zero attached hydrogens (tertiary/aromatic N) is 1. The van der Waals surface area contributed by atoms with Gasteiger partial charge < -0.3 is 10.1 Å². The van der Waals surface area contributed by atoms with Gasteiger partial charge in [0.25, 0.3) is 0 Å². The summed E-state index contributed by atoms with van der Waals surface area (Å²) in [5.41, 5.74) is 0.298. The maximum absolute atomic E-state index is 12.0. The second kappa shape index (κ2) is 6.18. The molecule has 0 spiro atoms. The van der Waals surface area contributed by atoms with Crippen molar-refractivity contribution in [2.75, 3.05) is 17.7 Å². The summed E-state index contributed by atoms with van der Waals surface area (Å²) < 4.78 is 4.77. The maximum atomic E-state index is 12.0. The molecular formula is C14H18N4O3S. The first-order valence-electron chi connectivity index (χ1n) is 6.61. The monoisotopic (exact) mass is 322 g/mol. The van der Waals surface area contributed by atoms with E-state index in [1.807, 2.05) is 20.8 Å². The van der Waals surface area contributed by atoms with Crippen LogP contribution in [0.3, 0.4) is 0 Å². The molecule has 2 aromatic heterocycles. The maximum Gasteiger partial charge on any atom is 0.350 e. The Morgan fingerprint density at radius 1 is 1.32 bits per heavy atom. The van der Waals surface area contributed by atoms with Crippen molar-refractivity contribution in [2.45, 2.75) is 26.2 Å². The van der Waals surface area contributed by atoms with Crippen molar-refractivity contribution in [1.29, 1.82) is 0 Å². The fourth-order valence-electron chi connectivity index (χ4n) is 1.70. The highest BCUT2D eigenvalue weighted by Crippen LogP contribution is 2.35. The lowest BCUT2D eigenvalue weighted by Gasteiger charge is -2.15. The Kier molecular flexibility index (Phi) is 4.51. The van der Waals surface area contributed by atoms with Crippen molar-refractivity contribution >= 4 is 34.8 Å². The topological polar surface area (TPSA) is 96.1 Å². The number of urea groups is 1. The largest absolute Gasteiger partial charge is 0.465 e. The van der Waals surface area contributed by atoms with Gasteiger partial charge in [-0.25, -0.2) is 9.59 Å². The number of anilines is 2. The Hall–Kier alpha value is -2.35. The molecule has 2 amide bonds. The van der Waals surface area contributed by atoms with E-state index in [-0.39, 0.29) is 5.41 Å². The third kappa shape index (κ3) is 3.64. The molecule has 7 nitrogen and oxygen atoms in total. The Balaban J connectivity index is 2.23. The molecule has 118 valence electrons. The molecule has 0 aliphatic heterocycles. The minimum atomic E-state index is -0.475. The molecule has 0 radical (unpaired) electrons. The van der Waals surface area contributed by atoms with Gasteiger partial charge >= 0.3 is 12.0 Å². The van der Waals surface area contributed by atoms with Crippen LogP contribution in [0.25, 0.3) is 0 Å². The van der Waals surface area contributed by atoms with Crippen molar-refractivity contribution in [2.24, 2.45) is 0 Å². The number of nitrogens with one attached hydrogen (secondary N) is 3. The summed E-state index contributed by atoms with van der Waals surface area (Å²) in [4.78, 5) is 25.2. The lowest BCUT2D eigenvalue weighted by atomic mass is 9.94. The Bertz CT molecular complexity index is 671. The number of ether oxygens (including phenoxy) is 1. The minimum absolute atomic E-state index is 0.132. The van der Waals surface area contributed by atoms with Crippen LogP contribution in [0.15, 0.2) is 18.3 Å². The quantitative estimate of drug-likeness (QED) is 0.756. The lowest BCUT2D eigenvalue weighted by molar-refractivity contribution is 0.0607. The first kappa shape index (κ1) is 16.0. The molecule has 0 unspecified atom stereocenters. The van der Waals surface area contributed by atoms with Gasteiger partial charge in [-0.1, -0.05) is 20.8 Å². The van der Waals surface area contributed by atoms with Gasteiger partial charge in [-0.3, -0.25) is 10.4 Å². The fourth-order valence-corrected chi connectivity index (χ4v) is 2.79. The van der Waals surface area contributed by atoms with Crippen LogP contribution in [0.1, 0.15) is 35.3 Å².